The first kappa shape index (κ1) is 7.81. The van der Waals surface area contributed by atoms with Crippen LogP contribution in [-0.2, 0) is 4.74 Å². The summed E-state index contributed by atoms with van der Waals surface area (Å²) < 4.78 is 40.1. The summed E-state index contributed by atoms with van der Waals surface area (Å²) >= 11 is 0. The van der Waals surface area contributed by atoms with Gasteiger partial charge in [-0.25, -0.2) is 0 Å². The van der Waals surface area contributed by atoms with Crippen molar-refractivity contribution in [3.05, 3.63) is 0 Å². The first-order valence-electron chi connectivity index (χ1n) is 2.95. The number of halogens is 3. The maximum atomic E-state index is 11.9. The number of hydrogen-bond donors (Lipinski definition) is 1. The Labute approximate surface area is 56.1 Å². The zero-order valence-electron chi connectivity index (χ0n) is 5.19. The van der Waals surface area contributed by atoms with Crippen LogP contribution in [0, 0.1) is 5.92 Å². The second-order valence-electron chi connectivity index (χ2n) is 2.27. The van der Waals surface area contributed by atoms with E-state index in [4.69, 9.17) is 5.73 Å². The minimum absolute atomic E-state index is 0.00926. The van der Waals surface area contributed by atoms with Crippen LogP contribution in [0.15, 0.2) is 0 Å². The van der Waals surface area contributed by atoms with Crippen LogP contribution in [0.25, 0.3) is 0 Å². The Balaban J connectivity index is 2.55. The van der Waals surface area contributed by atoms with E-state index in [1.54, 1.807) is 0 Å². The molecule has 1 heterocycles. The molecule has 1 fully saturated rings. The third kappa shape index (κ3) is 1.41. The van der Waals surface area contributed by atoms with E-state index in [2.05, 4.69) is 4.74 Å². The van der Waals surface area contributed by atoms with E-state index in [0.29, 0.717) is 0 Å². The normalized spacial score (nSPS) is 34.8. The van der Waals surface area contributed by atoms with Crippen LogP contribution < -0.4 is 5.73 Å². The summed E-state index contributed by atoms with van der Waals surface area (Å²) in [6.45, 7) is 0.116. The van der Waals surface area contributed by atoms with Gasteiger partial charge in [0.25, 0.3) is 0 Å². The highest BCUT2D eigenvalue weighted by Gasteiger charge is 2.46. The van der Waals surface area contributed by atoms with Crippen molar-refractivity contribution in [2.45, 2.75) is 18.8 Å². The van der Waals surface area contributed by atoms with Crippen LogP contribution in [0.3, 0.4) is 0 Å². The van der Waals surface area contributed by atoms with Gasteiger partial charge in [-0.05, 0) is 6.42 Å². The molecule has 1 saturated heterocycles. The summed E-state index contributed by atoms with van der Waals surface area (Å²) in [7, 11) is 0. The van der Waals surface area contributed by atoms with Gasteiger partial charge >= 0.3 is 6.18 Å². The Morgan fingerprint density at radius 1 is 1.40 bits per heavy atom. The molecular weight excluding hydrogens is 147 g/mol. The Kier molecular flexibility index (Phi) is 1.87. The van der Waals surface area contributed by atoms with Crippen LogP contribution >= 0.6 is 0 Å². The number of rotatable bonds is 0. The monoisotopic (exact) mass is 155 g/mol. The van der Waals surface area contributed by atoms with Crippen LogP contribution in [0.5, 0.6) is 0 Å². The van der Waals surface area contributed by atoms with Gasteiger partial charge in [0, 0.05) is 6.61 Å². The molecular formula is C5H8F3NO. The zero-order chi connectivity index (χ0) is 7.78. The van der Waals surface area contributed by atoms with Crippen LogP contribution in [0.4, 0.5) is 13.2 Å². The van der Waals surface area contributed by atoms with E-state index in [-0.39, 0.29) is 13.0 Å². The Morgan fingerprint density at radius 2 is 2.00 bits per heavy atom. The van der Waals surface area contributed by atoms with E-state index in [1.807, 2.05) is 0 Å². The quantitative estimate of drug-likeness (QED) is 0.563. The van der Waals surface area contributed by atoms with Crippen molar-refractivity contribution in [3.8, 4) is 0 Å². The van der Waals surface area contributed by atoms with Gasteiger partial charge in [0.1, 0.15) is 6.23 Å². The van der Waals surface area contributed by atoms with E-state index >= 15 is 0 Å². The molecule has 0 aromatic heterocycles. The van der Waals surface area contributed by atoms with E-state index in [9.17, 15) is 13.2 Å². The van der Waals surface area contributed by atoms with Gasteiger partial charge in [0.05, 0.1) is 5.92 Å². The minimum atomic E-state index is -4.20. The molecule has 0 aliphatic carbocycles. The first-order chi connectivity index (χ1) is 4.52. The third-order valence-electron chi connectivity index (χ3n) is 1.56. The molecule has 0 aromatic rings. The number of nitrogens with two attached hydrogens (primary N) is 1. The van der Waals surface area contributed by atoms with Gasteiger partial charge in [0.15, 0.2) is 0 Å². The predicted molar refractivity (Wildman–Crippen MR) is 28.1 cm³/mol. The molecule has 2 nitrogen and oxygen atoms in total. The number of hydrogen-bond acceptors (Lipinski definition) is 2. The van der Waals surface area contributed by atoms with Crippen molar-refractivity contribution in [1.29, 1.82) is 0 Å². The average molecular weight is 155 g/mol. The largest absolute Gasteiger partial charge is 0.395 e. The molecule has 0 bridgehead atoms. The lowest BCUT2D eigenvalue weighted by molar-refractivity contribution is -0.185. The molecule has 2 atom stereocenters. The van der Waals surface area contributed by atoms with Gasteiger partial charge in [-0.2, -0.15) is 13.2 Å². The van der Waals surface area contributed by atoms with Crippen LogP contribution in [0.2, 0.25) is 0 Å². The summed E-state index contributed by atoms with van der Waals surface area (Å²) in [5, 5.41) is 0. The van der Waals surface area contributed by atoms with Crippen LogP contribution in [0.1, 0.15) is 6.42 Å². The zero-order valence-corrected chi connectivity index (χ0v) is 5.19. The first-order valence-corrected chi connectivity index (χ1v) is 2.95. The SMILES string of the molecule is NC1OCCC1C(F)(F)F. The maximum Gasteiger partial charge on any atom is 0.395 e. The Bertz CT molecular complexity index is 125. The summed E-state index contributed by atoms with van der Waals surface area (Å²) in [4.78, 5) is 0. The van der Waals surface area contributed by atoms with E-state index < -0.39 is 18.3 Å². The molecule has 2 unspecified atom stereocenters. The fourth-order valence-electron chi connectivity index (χ4n) is 0.961. The topological polar surface area (TPSA) is 35.2 Å². The van der Waals surface area contributed by atoms with Crippen molar-refractivity contribution in [2.75, 3.05) is 6.61 Å². The summed E-state index contributed by atoms with van der Waals surface area (Å²) in [6.07, 6.45) is -5.36. The van der Waals surface area contributed by atoms with Gasteiger partial charge in [-0.3, -0.25) is 0 Å². The van der Waals surface area contributed by atoms with Crippen molar-refractivity contribution in [1.82, 2.24) is 0 Å². The molecule has 0 saturated carbocycles. The highest BCUT2D eigenvalue weighted by molar-refractivity contribution is 4.77. The molecule has 0 spiro atoms. The van der Waals surface area contributed by atoms with Crippen molar-refractivity contribution in [2.24, 2.45) is 11.7 Å². The maximum absolute atomic E-state index is 11.9. The Morgan fingerprint density at radius 3 is 2.20 bits per heavy atom. The molecule has 1 rings (SSSR count). The van der Waals surface area contributed by atoms with Gasteiger partial charge in [-0.1, -0.05) is 0 Å². The second kappa shape index (κ2) is 2.39. The standard InChI is InChI=1S/C5H8F3NO/c6-5(7,8)3-1-2-10-4(3)9/h3-4H,1-2,9H2. The highest BCUT2D eigenvalue weighted by Crippen LogP contribution is 2.34. The fourth-order valence-corrected chi connectivity index (χ4v) is 0.961. The Hall–Kier alpha value is -0.290. The predicted octanol–water partition coefficient (Wildman–Crippen LogP) is 0.870. The lowest BCUT2D eigenvalue weighted by Crippen LogP contribution is -2.36. The highest BCUT2D eigenvalue weighted by atomic mass is 19.4. The second-order valence-corrected chi connectivity index (χ2v) is 2.27. The van der Waals surface area contributed by atoms with Gasteiger partial charge in [0.2, 0.25) is 0 Å². The van der Waals surface area contributed by atoms with Crippen LogP contribution in [-0.4, -0.2) is 19.0 Å². The molecule has 0 amide bonds. The summed E-state index contributed by atoms with van der Waals surface area (Å²) in [5.41, 5.74) is 5.02. The molecule has 10 heavy (non-hydrogen) atoms. The molecule has 1 aliphatic heterocycles. The summed E-state index contributed by atoms with van der Waals surface area (Å²) in [6, 6.07) is 0. The lowest BCUT2D eigenvalue weighted by atomic mass is 10.1. The molecule has 0 radical (unpaired) electrons. The van der Waals surface area contributed by atoms with E-state index in [1.165, 1.54) is 0 Å². The molecule has 60 valence electrons. The minimum Gasteiger partial charge on any atom is -0.363 e. The van der Waals surface area contributed by atoms with Gasteiger partial charge < -0.3 is 10.5 Å². The number of ether oxygens (including phenoxy) is 1. The smallest absolute Gasteiger partial charge is 0.363 e. The average Bonchev–Trinajstić information content (AvgIpc) is 2.11. The van der Waals surface area contributed by atoms with Gasteiger partial charge in [-0.15, -0.1) is 0 Å². The fraction of sp³-hybridized carbons (Fsp3) is 1.00. The van der Waals surface area contributed by atoms with E-state index in [0.717, 1.165) is 0 Å². The molecule has 5 heteroatoms. The number of alkyl halides is 3. The lowest BCUT2D eigenvalue weighted by Gasteiger charge is -2.16. The van der Waals surface area contributed by atoms with Crippen molar-refractivity contribution in [3.63, 3.8) is 0 Å². The third-order valence-corrected chi connectivity index (χ3v) is 1.56. The molecule has 1 aliphatic rings. The summed E-state index contributed by atoms with van der Waals surface area (Å²) in [5.74, 6) is -1.47. The van der Waals surface area contributed by atoms with Crippen molar-refractivity contribution < 1.29 is 17.9 Å². The van der Waals surface area contributed by atoms with Crippen molar-refractivity contribution >= 4 is 0 Å². The molecule has 2 N–H and O–H groups in total. The molecule has 0 aromatic carbocycles.